The van der Waals surface area contributed by atoms with E-state index in [-0.39, 0.29) is 6.61 Å². The van der Waals surface area contributed by atoms with E-state index in [0.717, 1.165) is 16.8 Å². The molecule has 0 aliphatic heterocycles. The van der Waals surface area contributed by atoms with E-state index in [1.807, 2.05) is 81.4 Å². The van der Waals surface area contributed by atoms with Crippen LogP contribution in [0.4, 0.5) is 0 Å². The molecular weight excluding hydrogens is 385 g/mol. The van der Waals surface area contributed by atoms with Gasteiger partial charge in [0.15, 0.2) is 0 Å². The van der Waals surface area contributed by atoms with Gasteiger partial charge in [0.05, 0.1) is 12.3 Å². The van der Waals surface area contributed by atoms with Crippen molar-refractivity contribution in [1.29, 1.82) is 0 Å². The van der Waals surface area contributed by atoms with E-state index in [4.69, 9.17) is 19.0 Å². The molecule has 2 rings (SSSR count). The van der Waals surface area contributed by atoms with E-state index in [0.29, 0.717) is 13.2 Å². The molecule has 1 unspecified atom stereocenters. The maximum Gasteiger partial charge on any atom is 0.283 e. The van der Waals surface area contributed by atoms with Crippen molar-refractivity contribution in [2.45, 2.75) is 45.9 Å². The van der Waals surface area contributed by atoms with Crippen LogP contribution in [0.25, 0.3) is 0 Å². The average molecular weight is 417 g/mol. The predicted molar refractivity (Wildman–Crippen MR) is 119 cm³/mol. The zero-order valence-electron chi connectivity index (χ0n) is 18.0. The number of nitrogens with zero attached hydrogens (tertiary/aromatic N) is 1. The molecule has 158 valence electrons. The van der Waals surface area contributed by atoms with Gasteiger partial charge < -0.3 is 14.0 Å². The molecule has 2 aromatic rings. The molecule has 0 saturated heterocycles. The van der Waals surface area contributed by atoms with Crippen molar-refractivity contribution in [3.05, 3.63) is 71.8 Å². The summed E-state index contributed by atoms with van der Waals surface area (Å²) in [6, 6.07) is 19.8. The second-order valence-electron chi connectivity index (χ2n) is 6.62. The summed E-state index contributed by atoms with van der Waals surface area (Å²) in [5.41, 5.74) is 1.29. The van der Waals surface area contributed by atoms with Gasteiger partial charge in [0.25, 0.3) is 7.37 Å². The Labute approximate surface area is 174 Å². The summed E-state index contributed by atoms with van der Waals surface area (Å²) < 4.78 is 31.6. The monoisotopic (exact) mass is 417 g/mol. The number of benzene rings is 2. The molecule has 0 aromatic heterocycles. The molecule has 0 N–H and O–H groups in total. The second kappa shape index (κ2) is 10.8. The lowest BCUT2D eigenvalue weighted by Crippen LogP contribution is -2.36. The zero-order chi connectivity index (χ0) is 21.3. The number of hydrogen-bond donors (Lipinski definition) is 0. The van der Waals surface area contributed by atoms with Gasteiger partial charge in [0, 0.05) is 24.3 Å². The molecule has 0 fully saturated rings. The summed E-state index contributed by atoms with van der Waals surface area (Å²) >= 11 is 0. The van der Waals surface area contributed by atoms with Crippen LogP contribution < -0.4 is 0 Å². The molecule has 0 bridgehead atoms. The largest absolute Gasteiger partial charge is 0.342 e. The highest BCUT2D eigenvalue weighted by Gasteiger charge is 2.52. The van der Waals surface area contributed by atoms with Crippen LogP contribution in [0.5, 0.6) is 0 Å². The molecule has 0 aliphatic rings. The quantitative estimate of drug-likeness (QED) is 0.258. The van der Waals surface area contributed by atoms with Gasteiger partial charge in [-0.15, -0.1) is 0 Å². The lowest BCUT2D eigenvalue weighted by atomic mass is 10.0. The first-order valence-corrected chi connectivity index (χ1v) is 11.8. The lowest BCUT2D eigenvalue weighted by Gasteiger charge is -2.38. The van der Waals surface area contributed by atoms with Crippen LogP contribution in [0.3, 0.4) is 0 Å². The topological polar surface area (TPSA) is 57.1 Å². The van der Waals surface area contributed by atoms with Gasteiger partial charge in [-0.25, -0.2) is 0 Å². The van der Waals surface area contributed by atoms with Gasteiger partial charge in [-0.2, -0.15) is 0 Å². The smallest absolute Gasteiger partial charge is 0.283 e. The molecular formula is C23H32NO4P. The molecule has 0 saturated carbocycles. The Morgan fingerprint density at radius 3 is 1.72 bits per heavy atom. The summed E-state index contributed by atoms with van der Waals surface area (Å²) in [4.78, 5) is 4.91. The molecule has 0 amide bonds. The third kappa shape index (κ3) is 5.43. The van der Waals surface area contributed by atoms with E-state index >= 15 is 0 Å². The highest BCUT2D eigenvalue weighted by atomic mass is 31.2. The first-order chi connectivity index (χ1) is 13.9. The van der Waals surface area contributed by atoms with Crippen LogP contribution in [0.1, 0.15) is 45.7 Å². The molecule has 0 heterocycles. The normalized spacial score (nSPS) is 14.8. The van der Waals surface area contributed by atoms with Crippen LogP contribution in [0.2, 0.25) is 0 Å². The Hall–Kier alpha value is -1.78. The minimum atomic E-state index is -3.49. The second-order valence-corrected chi connectivity index (χ2v) is 9.63. The first-order valence-electron chi connectivity index (χ1n) is 10.1. The van der Waals surface area contributed by atoms with Crippen molar-refractivity contribution >= 4 is 13.1 Å². The Morgan fingerprint density at radius 1 is 0.897 bits per heavy atom. The molecule has 2 aromatic carbocycles. The Kier molecular flexibility index (Phi) is 8.79. The summed E-state index contributed by atoms with van der Waals surface area (Å²) in [6.07, 6.45) is 0. The summed E-state index contributed by atoms with van der Waals surface area (Å²) in [5.74, 6) is -0.666. The minimum Gasteiger partial charge on any atom is -0.342 e. The van der Waals surface area contributed by atoms with Crippen molar-refractivity contribution in [3.8, 4) is 0 Å². The van der Waals surface area contributed by atoms with Crippen molar-refractivity contribution < 1.29 is 18.6 Å². The van der Waals surface area contributed by atoms with Gasteiger partial charge in [0.1, 0.15) is 5.78 Å². The van der Waals surface area contributed by atoms with Gasteiger partial charge in [-0.1, -0.05) is 60.7 Å². The number of ether oxygens (including phenoxy) is 2. The molecule has 0 spiro atoms. The summed E-state index contributed by atoms with van der Waals surface area (Å²) in [7, 11) is -3.49. The predicted octanol–water partition coefficient (Wildman–Crippen LogP) is 5.93. The molecule has 5 nitrogen and oxygen atoms in total. The maximum atomic E-state index is 14.1. The molecule has 0 radical (unpaired) electrons. The van der Waals surface area contributed by atoms with Crippen molar-refractivity contribution in [2.75, 3.05) is 19.8 Å². The van der Waals surface area contributed by atoms with E-state index in [1.165, 1.54) is 0 Å². The standard InChI is InChI=1S/C23H32NO4P/c1-6-26-23(5,27-7-2)29(25,28-8-3)19(4)24-22(20-15-11-9-12-16-20)21-17-13-10-14-18-21/h9-19H,6-8H2,1-5H3/t19-,29?/m1/s1. The van der Waals surface area contributed by atoms with E-state index < -0.39 is 18.7 Å². The first kappa shape index (κ1) is 23.5. The van der Waals surface area contributed by atoms with Crippen LogP contribution >= 0.6 is 7.37 Å². The molecule has 0 aliphatic carbocycles. The van der Waals surface area contributed by atoms with Gasteiger partial charge in [-0.05, 0) is 34.6 Å². The van der Waals surface area contributed by atoms with Crippen LogP contribution in [-0.4, -0.2) is 36.8 Å². The molecule has 2 atom stereocenters. The molecule has 29 heavy (non-hydrogen) atoms. The summed E-state index contributed by atoms with van der Waals surface area (Å²) in [5, 5.41) is 0. The van der Waals surface area contributed by atoms with Crippen LogP contribution in [-0.2, 0) is 18.6 Å². The fourth-order valence-electron chi connectivity index (χ4n) is 3.28. The third-order valence-electron chi connectivity index (χ3n) is 4.61. The fraction of sp³-hybridized carbons (Fsp3) is 0.435. The lowest BCUT2D eigenvalue weighted by molar-refractivity contribution is -0.168. The minimum absolute atomic E-state index is 0.277. The zero-order valence-corrected chi connectivity index (χ0v) is 18.9. The van der Waals surface area contributed by atoms with Crippen LogP contribution in [0, 0.1) is 0 Å². The van der Waals surface area contributed by atoms with Gasteiger partial charge in [0.2, 0.25) is 5.53 Å². The van der Waals surface area contributed by atoms with Crippen molar-refractivity contribution in [1.82, 2.24) is 0 Å². The maximum absolute atomic E-state index is 14.1. The van der Waals surface area contributed by atoms with Crippen molar-refractivity contribution in [2.24, 2.45) is 4.99 Å². The Bertz CT molecular complexity index is 776. The Balaban J connectivity index is 2.59. The van der Waals surface area contributed by atoms with E-state index in [9.17, 15) is 4.57 Å². The number of rotatable bonds is 11. The van der Waals surface area contributed by atoms with Crippen LogP contribution in [0.15, 0.2) is 65.7 Å². The number of hydrogen-bond acceptors (Lipinski definition) is 5. The number of aliphatic imine (C=N–C) groups is 1. The average Bonchev–Trinajstić information content (AvgIpc) is 2.73. The summed E-state index contributed by atoms with van der Waals surface area (Å²) in [6.45, 7) is 9.99. The van der Waals surface area contributed by atoms with Crippen molar-refractivity contribution in [3.63, 3.8) is 0 Å². The van der Waals surface area contributed by atoms with Gasteiger partial charge >= 0.3 is 0 Å². The molecule has 6 heteroatoms. The fourth-order valence-corrected chi connectivity index (χ4v) is 5.68. The third-order valence-corrected chi connectivity index (χ3v) is 7.75. The SMILES string of the molecule is CCOC(C)(OCC)P(=O)(OCC)[C@H](C)N=C(c1ccccc1)c1ccccc1. The highest BCUT2D eigenvalue weighted by molar-refractivity contribution is 7.61. The van der Waals surface area contributed by atoms with E-state index in [2.05, 4.69) is 0 Å². The van der Waals surface area contributed by atoms with E-state index in [1.54, 1.807) is 13.8 Å². The van der Waals surface area contributed by atoms with Gasteiger partial charge in [-0.3, -0.25) is 9.56 Å². The Morgan fingerprint density at radius 2 is 1.34 bits per heavy atom. The highest BCUT2D eigenvalue weighted by Crippen LogP contribution is 2.64.